The van der Waals surface area contributed by atoms with E-state index in [-0.39, 0.29) is 53.4 Å². The highest BCUT2D eigenvalue weighted by atomic mass is 35.5. The molecule has 10 nitrogen and oxygen atoms in total. The minimum absolute atomic E-state index is 0.0161. The van der Waals surface area contributed by atoms with Crippen molar-refractivity contribution in [2.24, 2.45) is 5.92 Å². The number of aryl methyl sites for hydroxylation is 1. The number of amides is 1. The van der Waals surface area contributed by atoms with E-state index in [1.54, 1.807) is 42.2 Å². The van der Waals surface area contributed by atoms with Gasteiger partial charge in [0.15, 0.2) is 0 Å². The van der Waals surface area contributed by atoms with Gasteiger partial charge in [-0.3, -0.25) is 9.52 Å². The zero-order chi connectivity index (χ0) is 31.5. The van der Waals surface area contributed by atoms with Crippen LogP contribution < -0.4 is 9.46 Å². The number of hydrogen-bond acceptors (Lipinski definition) is 7. The molecule has 2 N–H and O–H groups in total. The van der Waals surface area contributed by atoms with Gasteiger partial charge in [0.25, 0.3) is 10.0 Å². The molecule has 3 aromatic rings. The van der Waals surface area contributed by atoms with E-state index in [0.717, 1.165) is 5.56 Å². The molecule has 0 fully saturated rings. The maximum atomic E-state index is 13.5. The fraction of sp³-hybridized carbons (Fsp3) is 0.367. The number of nitrogens with zero attached hydrogens (tertiary/aromatic N) is 2. The summed E-state index contributed by atoms with van der Waals surface area (Å²) in [5.74, 6) is -0.279. The fourth-order valence-corrected chi connectivity index (χ4v) is 7.14. The molecule has 0 spiro atoms. The number of benzene rings is 3. The number of hydrogen-bond donors (Lipinski definition) is 2. The fourth-order valence-electron chi connectivity index (χ4n) is 4.78. The highest BCUT2D eigenvalue weighted by molar-refractivity contribution is 7.92. The number of nitrogens with one attached hydrogen (secondary N) is 1. The molecule has 1 aliphatic heterocycles. The van der Waals surface area contributed by atoms with Crippen LogP contribution in [0.3, 0.4) is 0 Å². The van der Waals surface area contributed by atoms with Crippen LogP contribution in [0.4, 0.5) is 5.69 Å². The number of ether oxygens (including phenoxy) is 1. The summed E-state index contributed by atoms with van der Waals surface area (Å²) in [4.78, 5) is 15.2. The van der Waals surface area contributed by atoms with Crippen molar-refractivity contribution in [3.63, 3.8) is 0 Å². The van der Waals surface area contributed by atoms with E-state index in [2.05, 4.69) is 4.72 Å². The Morgan fingerprint density at radius 2 is 1.67 bits per heavy atom. The maximum absolute atomic E-state index is 13.5. The molecule has 0 saturated heterocycles. The van der Waals surface area contributed by atoms with Gasteiger partial charge in [-0.2, -0.15) is 4.31 Å². The average Bonchev–Trinajstić information content (AvgIpc) is 3.00. The van der Waals surface area contributed by atoms with E-state index < -0.39 is 32.2 Å². The predicted molar refractivity (Wildman–Crippen MR) is 165 cm³/mol. The van der Waals surface area contributed by atoms with Gasteiger partial charge in [-0.15, -0.1) is 0 Å². The number of likely N-dealkylation sites (N-methyl/N-ethyl adjacent to an activating group) is 1. The van der Waals surface area contributed by atoms with Gasteiger partial charge in [-0.1, -0.05) is 36.2 Å². The Morgan fingerprint density at radius 3 is 2.30 bits per heavy atom. The highest BCUT2D eigenvalue weighted by Gasteiger charge is 2.33. The van der Waals surface area contributed by atoms with Gasteiger partial charge in [-0.25, -0.2) is 16.8 Å². The normalized spacial score (nSPS) is 18.7. The summed E-state index contributed by atoms with van der Waals surface area (Å²) in [7, 11) is -6.31. The number of fused-ring (bicyclic) bond motifs is 1. The predicted octanol–water partition coefficient (Wildman–Crippen LogP) is 3.92. The quantitative estimate of drug-likeness (QED) is 0.359. The Kier molecular flexibility index (Phi) is 10.1. The standard InChI is InChI=1S/C30H36ClN3O7S2/c1-20-5-10-27(11-6-20)43(39,40)33(4)18-29-21(2)17-34(22(3)19-35)30(36)16-23-15-25(9-14-28(23)41-29)32-42(37,38)26-12-7-24(31)8-13-26/h5-15,21-22,29,32,35H,16-19H2,1-4H3/t21-,22+,29-/m0/s1. The third-order valence-corrected chi connectivity index (χ3v) is 10.9. The SMILES string of the molecule is Cc1ccc(S(=O)(=O)N(C)C[C@@H]2Oc3ccc(NS(=O)(=O)c4ccc(Cl)cc4)cc3CC(=O)N([C@H](C)CO)C[C@@H]2C)cc1. The van der Waals surface area contributed by atoms with Gasteiger partial charge in [-0.05, 0) is 68.4 Å². The van der Waals surface area contributed by atoms with Crippen molar-refractivity contribution >= 4 is 43.2 Å². The lowest BCUT2D eigenvalue weighted by molar-refractivity contribution is -0.134. The molecular weight excluding hydrogens is 614 g/mol. The molecule has 1 amide bonds. The van der Waals surface area contributed by atoms with Crippen molar-refractivity contribution in [3.05, 3.63) is 82.9 Å². The summed E-state index contributed by atoms with van der Waals surface area (Å²) in [6.07, 6.45) is -0.799. The van der Waals surface area contributed by atoms with E-state index in [9.17, 15) is 26.7 Å². The van der Waals surface area contributed by atoms with Crippen molar-refractivity contribution in [1.29, 1.82) is 0 Å². The molecule has 232 valence electrons. The molecule has 13 heteroatoms. The number of anilines is 1. The molecule has 0 aliphatic carbocycles. The van der Waals surface area contributed by atoms with Crippen molar-refractivity contribution < 1.29 is 31.5 Å². The summed E-state index contributed by atoms with van der Waals surface area (Å²) in [5, 5.41) is 10.3. The lowest BCUT2D eigenvalue weighted by Crippen LogP contribution is -2.48. The molecule has 1 aliphatic rings. The Bertz CT molecular complexity index is 1660. The lowest BCUT2D eigenvalue weighted by Gasteiger charge is -2.33. The van der Waals surface area contributed by atoms with E-state index in [4.69, 9.17) is 16.3 Å². The van der Waals surface area contributed by atoms with Crippen LogP contribution in [0, 0.1) is 12.8 Å². The van der Waals surface area contributed by atoms with Crippen LogP contribution in [-0.2, 0) is 31.3 Å². The second-order valence-electron chi connectivity index (χ2n) is 10.9. The average molecular weight is 650 g/mol. The smallest absolute Gasteiger partial charge is 0.261 e. The first-order valence-electron chi connectivity index (χ1n) is 13.7. The second kappa shape index (κ2) is 13.2. The number of aliphatic hydroxyl groups is 1. The van der Waals surface area contributed by atoms with Crippen LogP contribution in [0.2, 0.25) is 5.02 Å². The molecule has 43 heavy (non-hydrogen) atoms. The van der Waals surface area contributed by atoms with Gasteiger partial charge < -0.3 is 14.7 Å². The molecule has 3 aromatic carbocycles. The van der Waals surface area contributed by atoms with E-state index >= 15 is 0 Å². The molecule has 3 atom stereocenters. The van der Waals surface area contributed by atoms with Crippen LogP contribution in [0.25, 0.3) is 0 Å². The maximum Gasteiger partial charge on any atom is 0.261 e. The largest absolute Gasteiger partial charge is 0.488 e. The summed E-state index contributed by atoms with van der Waals surface area (Å²) >= 11 is 5.90. The minimum Gasteiger partial charge on any atom is -0.488 e. The zero-order valence-electron chi connectivity index (χ0n) is 24.4. The van der Waals surface area contributed by atoms with Crippen LogP contribution in [0.1, 0.15) is 25.0 Å². The number of carbonyl (C=O) groups excluding carboxylic acids is 1. The number of sulfonamides is 2. The van der Waals surface area contributed by atoms with Crippen molar-refractivity contribution in [2.45, 2.75) is 49.1 Å². The van der Waals surface area contributed by atoms with Gasteiger partial charge in [0.1, 0.15) is 11.9 Å². The molecule has 0 saturated carbocycles. The molecule has 0 unspecified atom stereocenters. The van der Waals surface area contributed by atoms with Gasteiger partial charge in [0, 0.05) is 35.8 Å². The Hall–Kier alpha value is -3.16. The van der Waals surface area contributed by atoms with E-state index in [1.165, 1.54) is 47.8 Å². The zero-order valence-corrected chi connectivity index (χ0v) is 26.8. The third kappa shape index (κ3) is 7.68. The van der Waals surface area contributed by atoms with Crippen LogP contribution >= 0.6 is 11.6 Å². The van der Waals surface area contributed by atoms with E-state index in [0.29, 0.717) is 16.3 Å². The summed E-state index contributed by atoms with van der Waals surface area (Å²) < 4.78 is 62.9. The topological polar surface area (TPSA) is 133 Å². The first kappa shape index (κ1) is 32.7. The molecule has 0 radical (unpaired) electrons. The number of halogens is 1. The Labute approximate surface area is 258 Å². The summed E-state index contributed by atoms with van der Waals surface area (Å²) in [6.45, 7) is 5.40. The molecular formula is C30H36ClN3O7S2. The van der Waals surface area contributed by atoms with Crippen molar-refractivity contribution in [2.75, 3.05) is 31.5 Å². The third-order valence-electron chi connectivity index (χ3n) is 7.46. The highest BCUT2D eigenvalue weighted by Crippen LogP contribution is 2.31. The minimum atomic E-state index is -3.95. The van der Waals surface area contributed by atoms with Crippen molar-refractivity contribution in [1.82, 2.24) is 9.21 Å². The molecule has 4 rings (SSSR count). The van der Waals surface area contributed by atoms with Gasteiger partial charge >= 0.3 is 0 Å². The van der Waals surface area contributed by atoms with Gasteiger partial charge in [0.05, 0.1) is 35.4 Å². The number of aliphatic hydroxyl groups excluding tert-OH is 1. The lowest BCUT2D eigenvalue weighted by atomic mass is 10.0. The molecule has 0 aromatic heterocycles. The van der Waals surface area contributed by atoms with Crippen LogP contribution in [0.5, 0.6) is 5.75 Å². The van der Waals surface area contributed by atoms with Crippen LogP contribution in [0.15, 0.2) is 76.5 Å². The van der Waals surface area contributed by atoms with Crippen molar-refractivity contribution in [3.8, 4) is 5.75 Å². The molecule has 0 bridgehead atoms. The first-order valence-corrected chi connectivity index (χ1v) is 17.0. The Balaban J connectivity index is 1.68. The molecule has 1 heterocycles. The van der Waals surface area contributed by atoms with Crippen LogP contribution in [-0.4, -0.2) is 75.9 Å². The second-order valence-corrected chi connectivity index (χ2v) is 15.0. The summed E-state index contributed by atoms with van der Waals surface area (Å²) in [5.41, 5.74) is 1.57. The van der Waals surface area contributed by atoms with E-state index in [1.807, 2.05) is 13.8 Å². The monoisotopic (exact) mass is 649 g/mol. The Morgan fingerprint density at radius 1 is 1.05 bits per heavy atom. The van der Waals surface area contributed by atoms with Gasteiger partial charge in [0.2, 0.25) is 15.9 Å². The number of carbonyl (C=O) groups is 1. The summed E-state index contributed by atoms with van der Waals surface area (Å²) in [6, 6.07) is 16.4. The first-order chi connectivity index (χ1) is 20.2. The number of rotatable bonds is 9.